The van der Waals surface area contributed by atoms with Gasteiger partial charge in [0.25, 0.3) is 11.8 Å². The molecule has 12 nitrogen and oxygen atoms in total. The number of piperazine rings is 1. The molecule has 2 saturated heterocycles. The predicted octanol–water partition coefficient (Wildman–Crippen LogP) is 3.28. The van der Waals surface area contributed by atoms with Crippen LogP contribution in [0.4, 0.5) is 17.2 Å². The summed E-state index contributed by atoms with van der Waals surface area (Å²) in [6.07, 6.45) is 7.36. The van der Waals surface area contributed by atoms with Gasteiger partial charge in [-0.1, -0.05) is 0 Å². The number of pyridine rings is 1. The first-order valence-electron chi connectivity index (χ1n) is 15.0. The van der Waals surface area contributed by atoms with Crippen molar-refractivity contribution >= 4 is 34.9 Å². The van der Waals surface area contributed by atoms with E-state index in [0.29, 0.717) is 62.1 Å². The van der Waals surface area contributed by atoms with Gasteiger partial charge in [0.1, 0.15) is 17.8 Å². The Hall–Kier alpha value is -4.61. The van der Waals surface area contributed by atoms with E-state index < -0.39 is 0 Å². The van der Waals surface area contributed by atoms with Crippen LogP contribution >= 0.6 is 0 Å². The number of nitrogens with one attached hydrogen (secondary N) is 2. The van der Waals surface area contributed by atoms with Gasteiger partial charge >= 0.3 is 0 Å². The number of likely N-dealkylation sites (tertiary alicyclic amines) is 1. The third-order valence-electron chi connectivity index (χ3n) is 8.15. The Bertz CT molecular complexity index is 1480. The van der Waals surface area contributed by atoms with Gasteiger partial charge in [-0.15, -0.1) is 0 Å². The Morgan fingerprint density at radius 3 is 2.60 bits per heavy atom. The molecular formula is C31H37N7O5. The topological polar surface area (TPSA) is 133 Å². The number of nitrogens with zero attached hydrogens (tertiary/aromatic N) is 5. The number of carbonyl (C=O) groups is 3. The third-order valence-corrected chi connectivity index (χ3v) is 8.15. The van der Waals surface area contributed by atoms with Crippen molar-refractivity contribution in [2.24, 2.45) is 0 Å². The maximum Gasteiger partial charge on any atom is 0.277 e. The van der Waals surface area contributed by atoms with Crippen molar-refractivity contribution < 1.29 is 23.5 Å². The fourth-order valence-corrected chi connectivity index (χ4v) is 5.54. The molecule has 0 unspecified atom stereocenters. The van der Waals surface area contributed by atoms with E-state index >= 15 is 0 Å². The monoisotopic (exact) mass is 587 g/mol. The predicted molar refractivity (Wildman–Crippen MR) is 161 cm³/mol. The van der Waals surface area contributed by atoms with Gasteiger partial charge in [0.05, 0.1) is 18.5 Å². The zero-order valence-electron chi connectivity index (χ0n) is 24.4. The molecule has 6 rings (SSSR count). The Kier molecular flexibility index (Phi) is 8.43. The minimum atomic E-state index is -0.385. The molecule has 1 saturated carbocycles. The van der Waals surface area contributed by atoms with Gasteiger partial charge in [-0.05, 0) is 49.9 Å². The summed E-state index contributed by atoms with van der Waals surface area (Å²) in [6, 6.07) is 9.12. The molecular weight excluding hydrogens is 550 g/mol. The third kappa shape index (κ3) is 6.73. The Balaban J connectivity index is 1.15. The average Bonchev–Trinajstić information content (AvgIpc) is 3.62. The molecule has 12 heteroatoms. The Morgan fingerprint density at radius 1 is 1.05 bits per heavy atom. The maximum absolute atomic E-state index is 13.2. The van der Waals surface area contributed by atoms with Crippen LogP contribution in [-0.2, 0) is 4.79 Å². The van der Waals surface area contributed by atoms with Crippen LogP contribution in [0.1, 0.15) is 64.8 Å². The summed E-state index contributed by atoms with van der Waals surface area (Å²) in [5, 5.41) is 5.94. The van der Waals surface area contributed by atoms with Crippen LogP contribution < -0.4 is 25.2 Å². The van der Waals surface area contributed by atoms with Crippen LogP contribution in [0, 0.1) is 0 Å². The number of rotatable bonds is 11. The lowest BCUT2D eigenvalue weighted by Crippen LogP contribution is -2.47. The molecule has 3 amide bonds. The summed E-state index contributed by atoms with van der Waals surface area (Å²) in [5.74, 6) is 2.06. The summed E-state index contributed by atoms with van der Waals surface area (Å²) in [5.41, 5.74) is 2.01. The fraction of sp³-hybridized carbons (Fsp3) is 0.452. The molecule has 0 bridgehead atoms. The second-order valence-corrected chi connectivity index (χ2v) is 11.2. The largest absolute Gasteiger partial charge is 0.497 e. The minimum absolute atomic E-state index is 0.180. The number of hydrogen-bond acceptors (Lipinski definition) is 9. The lowest BCUT2D eigenvalue weighted by atomic mass is 10.1. The van der Waals surface area contributed by atoms with Crippen LogP contribution in [0.25, 0.3) is 0 Å². The van der Waals surface area contributed by atoms with E-state index in [0.717, 1.165) is 56.2 Å². The molecule has 2 aliphatic heterocycles. The van der Waals surface area contributed by atoms with Crippen molar-refractivity contribution in [3.05, 3.63) is 59.9 Å². The quantitative estimate of drug-likeness (QED) is 0.324. The normalized spacial score (nSPS) is 16.9. The number of carbonyl (C=O) groups excluding carboxylic acids is 3. The van der Waals surface area contributed by atoms with Gasteiger partial charge in [-0.3, -0.25) is 14.4 Å². The lowest BCUT2D eigenvalue weighted by molar-refractivity contribution is -0.127. The first-order valence-corrected chi connectivity index (χ1v) is 15.0. The summed E-state index contributed by atoms with van der Waals surface area (Å²) in [6.45, 7) is 4.71. The van der Waals surface area contributed by atoms with Crippen molar-refractivity contribution in [3.8, 4) is 5.75 Å². The molecule has 3 fully saturated rings. The molecule has 4 heterocycles. The standard InChI is InChI=1S/C31H37N7O5/c1-42-23-9-11-32-27(19-23)37-16-14-36(15-17-37)26-8-7-22(29(40)33-10-3-13-38-12-2-4-28(38)39)18-24(26)34-30(41)25-20-43-31(35-25)21-5-6-21/h7-9,11,18-21H,2-6,10,12-17H2,1H3,(H,33,40)(H,34,41). The van der Waals surface area contributed by atoms with E-state index in [1.165, 1.54) is 6.26 Å². The second kappa shape index (κ2) is 12.7. The van der Waals surface area contributed by atoms with E-state index in [9.17, 15) is 14.4 Å². The van der Waals surface area contributed by atoms with Gasteiger partial charge in [-0.2, -0.15) is 0 Å². The SMILES string of the molecule is COc1ccnc(N2CCN(c3ccc(C(=O)NCCCN4CCCC4=O)cc3NC(=O)c3coc(C4CC4)n3)CC2)c1. The fourth-order valence-electron chi connectivity index (χ4n) is 5.54. The first-order chi connectivity index (χ1) is 21.0. The Morgan fingerprint density at radius 2 is 1.86 bits per heavy atom. The molecule has 1 aliphatic carbocycles. The van der Waals surface area contributed by atoms with E-state index in [1.807, 2.05) is 23.1 Å². The smallest absolute Gasteiger partial charge is 0.277 e. The van der Waals surface area contributed by atoms with Crippen LogP contribution in [0.15, 0.2) is 47.2 Å². The van der Waals surface area contributed by atoms with Crippen molar-refractivity contribution in [3.63, 3.8) is 0 Å². The van der Waals surface area contributed by atoms with E-state index in [-0.39, 0.29) is 23.4 Å². The molecule has 0 atom stereocenters. The van der Waals surface area contributed by atoms with Crippen LogP contribution in [0.3, 0.4) is 0 Å². The zero-order chi connectivity index (χ0) is 29.8. The molecule has 2 aromatic heterocycles. The van der Waals surface area contributed by atoms with Crippen LogP contribution in [-0.4, -0.2) is 85.5 Å². The van der Waals surface area contributed by atoms with E-state index in [4.69, 9.17) is 9.15 Å². The van der Waals surface area contributed by atoms with Gasteiger partial charge in [0.2, 0.25) is 5.91 Å². The summed E-state index contributed by atoms with van der Waals surface area (Å²) in [7, 11) is 1.64. The van der Waals surface area contributed by atoms with Crippen molar-refractivity contribution in [1.29, 1.82) is 0 Å². The van der Waals surface area contributed by atoms with Crippen LogP contribution in [0.2, 0.25) is 0 Å². The summed E-state index contributed by atoms with van der Waals surface area (Å²) in [4.78, 5) is 53.3. The molecule has 2 N–H and O–H groups in total. The average molecular weight is 588 g/mol. The van der Waals surface area contributed by atoms with Crippen LogP contribution in [0.5, 0.6) is 5.75 Å². The maximum atomic E-state index is 13.2. The number of oxazole rings is 1. The zero-order valence-corrected chi connectivity index (χ0v) is 24.4. The summed E-state index contributed by atoms with van der Waals surface area (Å²) >= 11 is 0. The highest BCUT2D eigenvalue weighted by atomic mass is 16.5. The van der Waals surface area contributed by atoms with Gasteiger partial charge in [0.15, 0.2) is 11.6 Å². The highest BCUT2D eigenvalue weighted by molar-refractivity contribution is 6.06. The van der Waals surface area contributed by atoms with Crippen molar-refractivity contribution in [1.82, 2.24) is 20.2 Å². The first kappa shape index (κ1) is 28.5. The molecule has 226 valence electrons. The van der Waals surface area contributed by atoms with E-state index in [1.54, 1.807) is 25.4 Å². The number of hydrogen-bond donors (Lipinski definition) is 2. The lowest BCUT2D eigenvalue weighted by Gasteiger charge is -2.37. The van der Waals surface area contributed by atoms with Gasteiger partial charge in [0, 0.05) is 76.0 Å². The van der Waals surface area contributed by atoms with Crippen molar-refractivity contribution in [2.75, 3.05) is 68.0 Å². The van der Waals surface area contributed by atoms with E-state index in [2.05, 4.69) is 30.4 Å². The second-order valence-electron chi connectivity index (χ2n) is 11.2. The minimum Gasteiger partial charge on any atom is -0.497 e. The molecule has 0 radical (unpaired) electrons. The number of benzene rings is 1. The molecule has 0 spiro atoms. The molecule has 1 aromatic carbocycles. The molecule has 3 aliphatic rings. The number of methoxy groups -OCH3 is 1. The van der Waals surface area contributed by atoms with Gasteiger partial charge < -0.3 is 34.5 Å². The molecule has 43 heavy (non-hydrogen) atoms. The number of aromatic nitrogens is 2. The number of ether oxygens (including phenoxy) is 1. The van der Waals surface area contributed by atoms with Gasteiger partial charge in [-0.25, -0.2) is 9.97 Å². The highest BCUT2D eigenvalue weighted by Crippen LogP contribution is 2.39. The number of anilines is 3. The number of amides is 3. The Labute approximate surface area is 250 Å². The summed E-state index contributed by atoms with van der Waals surface area (Å²) < 4.78 is 10.9. The van der Waals surface area contributed by atoms with Crippen molar-refractivity contribution in [2.45, 2.75) is 38.0 Å². The highest BCUT2D eigenvalue weighted by Gasteiger charge is 2.30. The molecule has 3 aromatic rings.